The fourth-order valence-corrected chi connectivity index (χ4v) is 19.9. The van der Waals surface area contributed by atoms with Crippen LogP contribution in [0.4, 0.5) is 51.2 Å². The van der Waals surface area contributed by atoms with Crippen molar-refractivity contribution in [2.24, 2.45) is 0 Å². The Kier molecular flexibility index (Phi) is 12.0. The van der Waals surface area contributed by atoms with Crippen LogP contribution in [0.1, 0.15) is 66.8 Å². The molecule has 6 aliphatic carbocycles. The van der Waals surface area contributed by atoms with Crippen LogP contribution in [0, 0.1) is 0 Å². The van der Waals surface area contributed by atoms with E-state index < -0.39 is 16.2 Å². The summed E-state index contributed by atoms with van der Waals surface area (Å²) in [4.78, 5) is 7.37. The first kappa shape index (κ1) is 56.9. The average Bonchev–Trinajstić information content (AvgIpc) is 1.45. The van der Waals surface area contributed by atoms with Crippen LogP contribution in [-0.2, 0) is 16.2 Å². The van der Waals surface area contributed by atoms with Crippen molar-refractivity contribution in [2.45, 2.75) is 16.2 Å². The van der Waals surface area contributed by atoms with Crippen LogP contribution >= 0.6 is 0 Å². The molecule has 0 bridgehead atoms. The molecule has 0 saturated carbocycles. The van der Waals surface area contributed by atoms with Crippen LogP contribution in [0.2, 0.25) is 0 Å². The van der Waals surface area contributed by atoms with Gasteiger partial charge in [-0.1, -0.05) is 273 Å². The predicted octanol–water partition coefficient (Wildman–Crippen LogP) is 25.1. The van der Waals surface area contributed by atoms with Crippen molar-refractivity contribution in [2.75, 3.05) is 14.7 Å². The van der Waals surface area contributed by atoms with Crippen LogP contribution in [-0.4, -0.2) is 0 Å². The number of benzene rings is 16. The second-order valence-electron chi connectivity index (χ2n) is 28.0. The molecule has 0 N–H and O–H groups in total. The molecule has 3 spiro atoms. The zero-order chi connectivity index (χ0) is 66.8. The zero-order valence-electron chi connectivity index (χ0n) is 55.7. The Morgan fingerprint density at radius 2 is 0.314 bits per heavy atom. The number of anilines is 9. The highest BCUT2D eigenvalue weighted by molar-refractivity contribution is 6.13. The van der Waals surface area contributed by atoms with E-state index in [9.17, 15) is 0 Å². The summed E-state index contributed by atoms with van der Waals surface area (Å²) in [5, 5.41) is 0. The van der Waals surface area contributed by atoms with Crippen molar-refractivity contribution in [3.05, 3.63) is 449 Å². The fraction of sp³-hybridized carbons (Fsp3) is 0.0303. The summed E-state index contributed by atoms with van der Waals surface area (Å²) in [7, 11) is 0. The Morgan fingerprint density at radius 3 is 0.539 bits per heavy atom. The molecule has 0 fully saturated rings. The van der Waals surface area contributed by atoms with Gasteiger partial charge in [0.1, 0.15) is 0 Å². The molecule has 0 saturated heterocycles. The van der Waals surface area contributed by atoms with E-state index in [4.69, 9.17) is 0 Å². The lowest BCUT2D eigenvalue weighted by atomic mass is 9.63. The fourth-order valence-electron chi connectivity index (χ4n) is 19.9. The number of hydrogen-bond donors (Lipinski definition) is 0. The molecule has 3 unspecified atom stereocenters. The van der Waals surface area contributed by atoms with E-state index in [0.717, 1.165) is 51.2 Å². The van der Waals surface area contributed by atoms with E-state index in [0.29, 0.717) is 0 Å². The Hall–Kier alpha value is -13.1. The minimum Gasteiger partial charge on any atom is -0.310 e. The topological polar surface area (TPSA) is 9.72 Å². The van der Waals surface area contributed by atoms with Gasteiger partial charge in [0.25, 0.3) is 0 Å². The highest BCUT2D eigenvalue weighted by Gasteiger charge is 2.65. The minimum atomic E-state index is -0.860. The summed E-state index contributed by atoms with van der Waals surface area (Å²) in [6.07, 6.45) is 0. The van der Waals surface area contributed by atoms with Crippen molar-refractivity contribution in [1.82, 2.24) is 0 Å². The molecule has 0 radical (unpaired) electrons. The van der Waals surface area contributed by atoms with Gasteiger partial charge in [0.2, 0.25) is 0 Å². The number of rotatable bonds is 9. The molecule has 102 heavy (non-hydrogen) atoms. The van der Waals surface area contributed by atoms with Gasteiger partial charge in [0, 0.05) is 51.2 Å². The second-order valence-corrected chi connectivity index (χ2v) is 28.0. The molecule has 3 nitrogen and oxygen atoms in total. The van der Waals surface area contributed by atoms with Crippen molar-refractivity contribution < 1.29 is 0 Å². The number of para-hydroxylation sites is 6. The van der Waals surface area contributed by atoms with Crippen molar-refractivity contribution in [3.8, 4) is 66.8 Å². The molecule has 22 rings (SSSR count). The van der Waals surface area contributed by atoms with E-state index in [-0.39, 0.29) is 0 Å². The minimum absolute atomic E-state index is 0.860. The molecular formula is C99H63N3. The average molecular weight is 1290 g/mol. The van der Waals surface area contributed by atoms with E-state index in [2.05, 4.69) is 397 Å². The number of fused-ring (bicyclic) bond motifs is 33. The summed E-state index contributed by atoms with van der Waals surface area (Å²) in [6.45, 7) is 0. The first-order valence-corrected chi connectivity index (χ1v) is 35.7. The summed E-state index contributed by atoms with van der Waals surface area (Å²) in [6, 6.07) is 145. The molecule has 3 atom stereocenters. The summed E-state index contributed by atoms with van der Waals surface area (Å²) >= 11 is 0. The molecule has 0 amide bonds. The lowest BCUT2D eigenvalue weighted by Crippen LogP contribution is -2.31. The van der Waals surface area contributed by atoms with Crippen molar-refractivity contribution in [1.29, 1.82) is 0 Å². The predicted molar refractivity (Wildman–Crippen MR) is 419 cm³/mol. The van der Waals surface area contributed by atoms with Gasteiger partial charge in [-0.05, 0) is 243 Å². The molecule has 474 valence electrons. The van der Waals surface area contributed by atoms with Gasteiger partial charge in [0.15, 0.2) is 0 Å². The Morgan fingerprint density at radius 1 is 0.137 bits per heavy atom. The van der Waals surface area contributed by atoms with Crippen LogP contribution in [0.15, 0.2) is 382 Å². The first-order valence-electron chi connectivity index (χ1n) is 35.7. The summed E-state index contributed by atoms with van der Waals surface area (Å²) < 4.78 is 0. The van der Waals surface area contributed by atoms with Crippen molar-refractivity contribution in [3.63, 3.8) is 0 Å². The van der Waals surface area contributed by atoms with Gasteiger partial charge in [-0.15, -0.1) is 0 Å². The normalized spacial score (nSPS) is 16.9. The van der Waals surface area contributed by atoms with E-state index >= 15 is 0 Å². The second kappa shape index (κ2) is 21.5. The molecule has 0 heterocycles. The smallest absolute Gasteiger partial charge is 0.0732 e. The highest BCUT2D eigenvalue weighted by Crippen LogP contribution is 2.77. The zero-order valence-corrected chi connectivity index (χ0v) is 55.7. The molecule has 0 aromatic heterocycles. The quantitative estimate of drug-likeness (QED) is 0.143. The Bertz CT molecular complexity index is 5410. The van der Waals surface area contributed by atoms with Crippen molar-refractivity contribution >= 4 is 51.2 Å². The summed E-state index contributed by atoms with van der Waals surface area (Å²) in [5.41, 5.74) is 38.2. The van der Waals surface area contributed by atoms with Gasteiger partial charge in [-0.3, -0.25) is 0 Å². The molecule has 16 aromatic rings. The van der Waals surface area contributed by atoms with Gasteiger partial charge >= 0.3 is 0 Å². The Labute approximate surface area is 594 Å². The molecule has 16 aromatic carbocycles. The summed E-state index contributed by atoms with van der Waals surface area (Å²) in [5.74, 6) is 0. The van der Waals surface area contributed by atoms with Gasteiger partial charge < -0.3 is 14.7 Å². The monoisotopic (exact) mass is 1290 g/mol. The number of nitrogens with zero attached hydrogens (tertiary/aromatic N) is 3. The molecular weight excluding hydrogens is 1230 g/mol. The van der Waals surface area contributed by atoms with Crippen LogP contribution in [0.5, 0.6) is 0 Å². The number of hydrogen-bond acceptors (Lipinski definition) is 3. The highest BCUT2D eigenvalue weighted by atomic mass is 15.2. The third-order valence-corrected chi connectivity index (χ3v) is 23.4. The van der Waals surface area contributed by atoms with Crippen LogP contribution in [0.3, 0.4) is 0 Å². The van der Waals surface area contributed by atoms with Gasteiger partial charge in [-0.2, -0.15) is 0 Å². The van der Waals surface area contributed by atoms with Gasteiger partial charge in [0.05, 0.1) is 16.2 Å². The lowest BCUT2D eigenvalue weighted by molar-refractivity contribution is 0.764. The van der Waals surface area contributed by atoms with Crippen LogP contribution in [0.25, 0.3) is 66.8 Å². The molecule has 6 aliphatic rings. The van der Waals surface area contributed by atoms with E-state index in [1.54, 1.807) is 0 Å². The largest absolute Gasteiger partial charge is 0.310 e. The van der Waals surface area contributed by atoms with E-state index in [1.165, 1.54) is 134 Å². The standard InChI is InChI=1S/C99H63N3/c1-7-31-64(32-8-1)100(65-33-9-2-10-34-65)70-55-58-76-73-43-19-25-49-82(73)97(88(76)61-70)85-52-28-22-46-79(85)91-94(97)92-80-47-23-29-53-86(80)98(83-50-26-20-44-74(83)77-59-56-71(62-89(77)98)101(66-35-11-3-12-36-66)67-37-13-4-14-38-67)96(92)93-81-48-24-30-54-87(81)99(95(91)93)84-51-27-21-45-75(84)78-60-57-72(63-90(78)99)102(68-39-15-5-16-40-68)69-41-17-6-18-42-69/h1-63H. The maximum atomic E-state index is 2.59. The Balaban J connectivity index is 0.948. The maximum absolute atomic E-state index is 2.59. The lowest BCUT2D eigenvalue weighted by Gasteiger charge is -2.38. The van der Waals surface area contributed by atoms with Gasteiger partial charge in [-0.25, -0.2) is 0 Å². The first-order chi connectivity index (χ1) is 50.7. The maximum Gasteiger partial charge on any atom is 0.0732 e. The van der Waals surface area contributed by atoms with E-state index in [1.807, 2.05) is 0 Å². The third kappa shape index (κ3) is 7.33. The van der Waals surface area contributed by atoms with Crippen LogP contribution < -0.4 is 14.7 Å². The molecule has 0 aliphatic heterocycles. The SMILES string of the molecule is c1ccc(N(c2ccccc2)c2ccc3c(c2)C2(c4ccccc4-3)c3ccccc3-c3c2c2c(c4c3C3(c5ccccc5-c5ccc(N(c6ccccc6)c6ccccc6)cc53)c3ccccc3-4)C3(c4ccccc4-c4ccc(N(c5ccccc5)c5ccccc5)cc43)c3ccccc3-2)cc1. The third-order valence-electron chi connectivity index (χ3n) is 23.4. The molecule has 3 heteroatoms.